The molecule has 0 fully saturated rings. The molecular weight excluding hydrogens is 286 g/mol. The molecule has 1 nitrogen and oxygen atoms in total. The average Bonchev–Trinajstić information content (AvgIpc) is 2.77. The van der Waals surface area contributed by atoms with Gasteiger partial charge in [0.1, 0.15) is 0 Å². The van der Waals surface area contributed by atoms with Crippen molar-refractivity contribution in [2.45, 2.75) is 25.8 Å². The molecule has 1 aliphatic rings. The Bertz CT molecular complexity index is 552. The summed E-state index contributed by atoms with van der Waals surface area (Å²) in [4.78, 5) is 0. The molecular formula is C16H16BrN. The molecule has 2 aromatic rings. The van der Waals surface area contributed by atoms with Crippen LogP contribution in [0.2, 0.25) is 0 Å². The van der Waals surface area contributed by atoms with Crippen molar-refractivity contribution in [2.24, 2.45) is 0 Å². The van der Waals surface area contributed by atoms with E-state index in [9.17, 15) is 0 Å². The number of nitrogens with one attached hydrogen (secondary N) is 1. The third-order valence-corrected chi connectivity index (χ3v) is 4.66. The molecule has 0 radical (unpaired) electrons. The number of fused-ring (bicyclic) bond motifs is 1. The molecule has 0 saturated heterocycles. The smallest absolute Gasteiger partial charge is 0.0489 e. The number of benzene rings is 2. The van der Waals surface area contributed by atoms with Gasteiger partial charge in [0.15, 0.2) is 0 Å². The molecule has 2 heteroatoms. The Kier molecular flexibility index (Phi) is 3.13. The van der Waals surface area contributed by atoms with E-state index < -0.39 is 0 Å². The summed E-state index contributed by atoms with van der Waals surface area (Å²) in [7, 11) is 0. The number of rotatable bonds is 2. The van der Waals surface area contributed by atoms with Gasteiger partial charge in [-0.3, -0.25) is 0 Å². The number of halogens is 1. The average molecular weight is 302 g/mol. The van der Waals surface area contributed by atoms with Gasteiger partial charge in [-0.25, -0.2) is 0 Å². The highest BCUT2D eigenvalue weighted by Gasteiger charge is 2.21. The highest BCUT2D eigenvalue weighted by atomic mass is 79.9. The lowest BCUT2D eigenvalue weighted by Crippen LogP contribution is -2.19. The second-order valence-electron chi connectivity index (χ2n) is 4.95. The fraction of sp³-hybridized carbons (Fsp3) is 0.250. The Labute approximate surface area is 116 Å². The van der Waals surface area contributed by atoms with Crippen LogP contribution in [0.5, 0.6) is 0 Å². The monoisotopic (exact) mass is 301 g/mol. The van der Waals surface area contributed by atoms with E-state index >= 15 is 0 Å². The Morgan fingerprint density at radius 3 is 2.33 bits per heavy atom. The van der Waals surface area contributed by atoms with Crippen LogP contribution >= 0.6 is 15.9 Å². The van der Waals surface area contributed by atoms with Crippen LogP contribution in [0.15, 0.2) is 46.9 Å². The first kappa shape index (κ1) is 11.8. The van der Waals surface area contributed by atoms with Crippen molar-refractivity contribution in [1.82, 2.24) is 0 Å². The molecule has 0 bridgehead atoms. The molecule has 0 unspecified atom stereocenters. The lowest BCUT2D eigenvalue weighted by molar-refractivity contribution is 0.773. The predicted molar refractivity (Wildman–Crippen MR) is 80.1 cm³/mol. The van der Waals surface area contributed by atoms with E-state index in [0.717, 1.165) is 12.8 Å². The van der Waals surface area contributed by atoms with Crippen LogP contribution in [-0.2, 0) is 12.8 Å². The van der Waals surface area contributed by atoms with Crippen LogP contribution in [0.1, 0.15) is 16.7 Å². The van der Waals surface area contributed by atoms with Gasteiger partial charge in [0, 0.05) is 16.2 Å². The summed E-state index contributed by atoms with van der Waals surface area (Å²) in [5, 5.41) is 3.65. The summed E-state index contributed by atoms with van der Waals surface area (Å²) >= 11 is 3.66. The topological polar surface area (TPSA) is 12.0 Å². The Hall–Kier alpha value is -1.28. The van der Waals surface area contributed by atoms with E-state index in [-0.39, 0.29) is 0 Å². The third-order valence-electron chi connectivity index (χ3n) is 3.60. The van der Waals surface area contributed by atoms with Crippen LogP contribution in [-0.4, -0.2) is 6.04 Å². The Morgan fingerprint density at radius 1 is 1.00 bits per heavy atom. The SMILES string of the molecule is Cc1cccc(NC2Cc3ccccc3C2)c1Br. The normalized spacial score (nSPS) is 14.6. The number of anilines is 1. The fourth-order valence-corrected chi connectivity index (χ4v) is 3.02. The summed E-state index contributed by atoms with van der Waals surface area (Å²) in [6.07, 6.45) is 2.24. The second-order valence-corrected chi connectivity index (χ2v) is 5.75. The molecule has 0 spiro atoms. The van der Waals surface area contributed by atoms with E-state index in [4.69, 9.17) is 0 Å². The molecule has 0 aromatic heterocycles. The molecule has 92 valence electrons. The zero-order chi connectivity index (χ0) is 12.5. The highest BCUT2D eigenvalue weighted by molar-refractivity contribution is 9.10. The molecule has 0 aliphatic heterocycles. The summed E-state index contributed by atoms with van der Waals surface area (Å²) in [6, 6.07) is 15.6. The Morgan fingerprint density at radius 2 is 1.67 bits per heavy atom. The molecule has 0 saturated carbocycles. The minimum Gasteiger partial charge on any atom is -0.381 e. The van der Waals surface area contributed by atoms with Crippen molar-refractivity contribution in [2.75, 3.05) is 5.32 Å². The van der Waals surface area contributed by atoms with Crippen LogP contribution in [0.4, 0.5) is 5.69 Å². The van der Waals surface area contributed by atoms with Gasteiger partial charge < -0.3 is 5.32 Å². The molecule has 2 aromatic carbocycles. The molecule has 0 heterocycles. The molecule has 18 heavy (non-hydrogen) atoms. The quantitative estimate of drug-likeness (QED) is 0.870. The van der Waals surface area contributed by atoms with Gasteiger partial charge in [0.25, 0.3) is 0 Å². The van der Waals surface area contributed by atoms with Gasteiger partial charge in [-0.05, 0) is 58.5 Å². The van der Waals surface area contributed by atoms with Crippen molar-refractivity contribution in [3.63, 3.8) is 0 Å². The molecule has 0 atom stereocenters. The fourth-order valence-electron chi connectivity index (χ4n) is 2.64. The zero-order valence-corrected chi connectivity index (χ0v) is 12.0. The number of hydrogen-bond donors (Lipinski definition) is 1. The molecule has 3 rings (SSSR count). The minimum atomic E-state index is 0.514. The number of hydrogen-bond acceptors (Lipinski definition) is 1. The summed E-state index contributed by atoms with van der Waals surface area (Å²) in [5.41, 5.74) is 5.45. The first-order chi connectivity index (χ1) is 8.74. The first-order valence-electron chi connectivity index (χ1n) is 6.32. The molecule has 1 aliphatic carbocycles. The van der Waals surface area contributed by atoms with Crippen molar-refractivity contribution in [3.05, 3.63) is 63.6 Å². The lowest BCUT2D eigenvalue weighted by Gasteiger charge is -2.16. The maximum absolute atomic E-state index is 3.66. The van der Waals surface area contributed by atoms with E-state index in [2.05, 4.69) is 70.6 Å². The standard InChI is InChI=1S/C16H16BrN/c1-11-5-4-8-15(16(11)17)18-14-9-12-6-2-3-7-13(12)10-14/h2-8,14,18H,9-10H2,1H3. The highest BCUT2D eigenvalue weighted by Crippen LogP contribution is 2.29. The van der Waals surface area contributed by atoms with E-state index in [1.807, 2.05) is 0 Å². The van der Waals surface area contributed by atoms with Crippen LogP contribution in [0.25, 0.3) is 0 Å². The molecule has 0 amide bonds. The predicted octanol–water partition coefficient (Wildman–Crippen LogP) is 4.34. The maximum atomic E-state index is 3.66. The van der Waals surface area contributed by atoms with Gasteiger partial charge >= 0.3 is 0 Å². The van der Waals surface area contributed by atoms with Crippen molar-refractivity contribution >= 4 is 21.6 Å². The second kappa shape index (κ2) is 4.77. The van der Waals surface area contributed by atoms with Crippen molar-refractivity contribution in [3.8, 4) is 0 Å². The third kappa shape index (κ3) is 2.17. The Balaban J connectivity index is 1.78. The summed E-state index contributed by atoms with van der Waals surface area (Å²) in [5.74, 6) is 0. The summed E-state index contributed by atoms with van der Waals surface area (Å²) < 4.78 is 1.18. The van der Waals surface area contributed by atoms with E-state index in [1.165, 1.54) is 26.9 Å². The van der Waals surface area contributed by atoms with Gasteiger partial charge in [0.05, 0.1) is 0 Å². The molecule has 1 N–H and O–H groups in total. The number of aryl methyl sites for hydroxylation is 1. The van der Waals surface area contributed by atoms with Crippen LogP contribution in [0, 0.1) is 6.92 Å². The lowest BCUT2D eigenvalue weighted by atomic mass is 10.1. The summed E-state index contributed by atoms with van der Waals surface area (Å²) in [6.45, 7) is 2.12. The van der Waals surface area contributed by atoms with Crippen LogP contribution in [0.3, 0.4) is 0 Å². The van der Waals surface area contributed by atoms with E-state index in [1.54, 1.807) is 0 Å². The zero-order valence-electron chi connectivity index (χ0n) is 10.4. The van der Waals surface area contributed by atoms with Crippen LogP contribution < -0.4 is 5.32 Å². The van der Waals surface area contributed by atoms with Gasteiger partial charge in [-0.2, -0.15) is 0 Å². The van der Waals surface area contributed by atoms with E-state index in [0.29, 0.717) is 6.04 Å². The van der Waals surface area contributed by atoms with Gasteiger partial charge in [0.2, 0.25) is 0 Å². The van der Waals surface area contributed by atoms with Gasteiger partial charge in [-0.15, -0.1) is 0 Å². The largest absolute Gasteiger partial charge is 0.381 e. The maximum Gasteiger partial charge on any atom is 0.0489 e. The van der Waals surface area contributed by atoms with Crippen molar-refractivity contribution < 1.29 is 0 Å². The van der Waals surface area contributed by atoms with Gasteiger partial charge in [-0.1, -0.05) is 36.4 Å². The first-order valence-corrected chi connectivity index (χ1v) is 7.12. The van der Waals surface area contributed by atoms with Crippen molar-refractivity contribution in [1.29, 1.82) is 0 Å². The minimum absolute atomic E-state index is 0.514.